The smallest absolute Gasteiger partial charge is 0.373 e. The first-order chi connectivity index (χ1) is 15.7. The Morgan fingerprint density at radius 1 is 0.970 bits per heavy atom. The van der Waals surface area contributed by atoms with Crippen molar-refractivity contribution in [1.82, 2.24) is 4.98 Å². The Morgan fingerprint density at radius 2 is 1.76 bits per heavy atom. The number of aryl methyl sites for hydroxylation is 1. The van der Waals surface area contributed by atoms with Crippen LogP contribution in [0, 0.1) is 24.7 Å². The van der Waals surface area contributed by atoms with E-state index >= 15 is 0 Å². The molecule has 33 heavy (non-hydrogen) atoms. The first-order valence-electron chi connectivity index (χ1n) is 11.6. The minimum Gasteiger partial charge on any atom is -0.373 e. The highest BCUT2D eigenvalue weighted by Crippen LogP contribution is 2.48. The second kappa shape index (κ2) is 8.42. The van der Waals surface area contributed by atoms with Crippen molar-refractivity contribution in [2.75, 3.05) is 6.61 Å². The Morgan fingerprint density at radius 3 is 2.48 bits per heavy atom. The van der Waals surface area contributed by atoms with Crippen LogP contribution in [-0.4, -0.2) is 52.9 Å². The van der Waals surface area contributed by atoms with Crippen molar-refractivity contribution < 1.29 is 17.9 Å². The lowest BCUT2D eigenvalue weighted by molar-refractivity contribution is -0.206. The summed E-state index contributed by atoms with van der Waals surface area (Å²) in [6.07, 6.45) is -0.765. The highest BCUT2D eigenvalue weighted by molar-refractivity contribution is 6.44. The monoisotopic (exact) mass is 459 g/mol. The summed E-state index contributed by atoms with van der Waals surface area (Å²) in [5.41, 5.74) is 3.60. The van der Waals surface area contributed by atoms with Gasteiger partial charge in [-0.05, 0) is 70.1 Å². The van der Waals surface area contributed by atoms with Crippen molar-refractivity contribution in [3.8, 4) is 0 Å². The lowest BCUT2D eigenvalue weighted by Crippen LogP contribution is -2.50. The van der Waals surface area contributed by atoms with Gasteiger partial charge < -0.3 is 4.74 Å². The number of alkyl halides is 3. The Labute approximate surface area is 191 Å². The van der Waals surface area contributed by atoms with Crippen molar-refractivity contribution in [3.05, 3.63) is 29.6 Å². The van der Waals surface area contributed by atoms with Gasteiger partial charge in [-0.2, -0.15) is 13.2 Å². The molecule has 1 saturated carbocycles. The topological polar surface area (TPSA) is 71.6 Å². The maximum absolute atomic E-state index is 13.2. The predicted molar refractivity (Wildman–Crippen MR) is 121 cm³/mol. The second-order valence-corrected chi connectivity index (χ2v) is 9.59. The van der Waals surface area contributed by atoms with Gasteiger partial charge in [0.1, 0.15) is 11.9 Å². The molecule has 6 nitrogen and oxygen atoms in total. The van der Waals surface area contributed by atoms with Gasteiger partial charge in [-0.3, -0.25) is 15.0 Å². The average molecular weight is 460 g/mol. The summed E-state index contributed by atoms with van der Waals surface area (Å²) in [5.74, 6) is -0.0665. The number of aromatic nitrogens is 1. The molecule has 4 heterocycles. The van der Waals surface area contributed by atoms with E-state index in [1.54, 1.807) is 6.20 Å². The van der Waals surface area contributed by atoms with E-state index < -0.39 is 18.1 Å². The van der Waals surface area contributed by atoms with E-state index in [0.717, 1.165) is 35.5 Å². The minimum atomic E-state index is -4.15. The number of aliphatic imine (C=N–C) groups is 4. The Kier molecular flexibility index (Phi) is 5.71. The Bertz CT molecular complexity index is 1050. The Balaban J connectivity index is 1.41. The molecule has 1 aromatic heterocycles. The largest absolute Gasteiger partial charge is 0.391 e. The number of hydrogen-bond acceptors (Lipinski definition) is 6. The van der Waals surface area contributed by atoms with Gasteiger partial charge in [0.2, 0.25) is 0 Å². The molecule has 1 aliphatic carbocycles. The third kappa shape index (κ3) is 4.39. The summed E-state index contributed by atoms with van der Waals surface area (Å²) in [4.78, 5) is 23.4. The molecule has 1 saturated heterocycles. The second-order valence-electron chi connectivity index (χ2n) is 9.59. The fourth-order valence-electron chi connectivity index (χ4n) is 5.17. The molecule has 0 radical (unpaired) electrons. The SMILES string of the molecule is CC1=NC2=NC([C@H]3CCO[C@@H](c4ccnc(C)c4)C3)=NC([C@H]3C[C@@H](C(F)(F)F)C3)C2N=C1C. The van der Waals surface area contributed by atoms with Crippen molar-refractivity contribution >= 4 is 23.1 Å². The third-order valence-electron chi connectivity index (χ3n) is 7.30. The maximum Gasteiger partial charge on any atom is 0.391 e. The number of ether oxygens (including phenoxy) is 1. The normalized spacial score (nSPS) is 34.4. The molecule has 2 fully saturated rings. The molecule has 176 valence electrons. The van der Waals surface area contributed by atoms with E-state index in [1.165, 1.54) is 0 Å². The number of nitrogens with zero attached hydrogens (tertiary/aromatic N) is 5. The van der Waals surface area contributed by atoms with E-state index in [-0.39, 0.29) is 36.8 Å². The van der Waals surface area contributed by atoms with Crippen LogP contribution in [0.3, 0.4) is 0 Å². The predicted octanol–water partition coefficient (Wildman–Crippen LogP) is 4.93. The van der Waals surface area contributed by atoms with E-state index in [9.17, 15) is 13.2 Å². The first-order valence-corrected chi connectivity index (χ1v) is 11.6. The molecule has 0 amide bonds. The van der Waals surface area contributed by atoms with Crippen LogP contribution in [0.2, 0.25) is 0 Å². The highest BCUT2D eigenvalue weighted by Gasteiger charge is 2.52. The van der Waals surface area contributed by atoms with Crippen molar-refractivity contribution in [2.24, 2.45) is 37.7 Å². The lowest BCUT2D eigenvalue weighted by Gasteiger charge is -2.43. The van der Waals surface area contributed by atoms with Gasteiger partial charge in [0.15, 0.2) is 5.84 Å². The number of rotatable bonds is 3. The molecule has 5 rings (SSSR count). The van der Waals surface area contributed by atoms with Gasteiger partial charge in [0.05, 0.1) is 29.5 Å². The molecule has 9 heteroatoms. The van der Waals surface area contributed by atoms with E-state index in [1.807, 2.05) is 32.9 Å². The first kappa shape index (κ1) is 22.4. The molecule has 0 N–H and O–H groups in total. The van der Waals surface area contributed by atoms with Gasteiger partial charge in [0.25, 0.3) is 0 Å². The van der Waals surface area contributed by atoms with Crippen LogP contribution in [0.25, 0.3) is 0 Å². The quantitative estimate of drug-likeness (QED) is 0.643. The summed E-state index contributed by atoms with van der Waals surface area (Å²) in [6.45, 7) is 6.29. The van der Waals surface area contributed by atoms with Crippen LogP contribution >= 0.6 is 0 Å². The summed E-state index contributed by atoms with van der Waals surface area (Å²) in [7, 11) is 0. The summed E-state index contributed by atoms with van der Waals surface area (Å²) >= 11 is 0. The number of fused-ring (bicyclic) bond motifs is 1. The van der Waals surface area contributed by atoms with E-state index in [4.69, 9.17) is 19.7 Å². The molecule has 0 bridgehead atoms. The summed E-state index contributed by atoms with van der Waals surface area (Å²) < 4.78 is 45.5. The zero-order valence-corrected chi connectivity index (χ0v) is 19.0. The van der Waals surface area contributed by atoms with Crippen LogP contribution in [0.15, 0.2) is 38.3 Å². The number of amidine groups is 2. The molecule has 4 aliphatic rings. The molecule has 1 aromatic rings. The number of hydrogen-bond donors (Lipinski definition) is 0. The summed E-state index contributed by atoms with van der Waals surface area (Å²) in [6, 6.07) is 3.25. The third-order valence-corrected chi connectivity index (χ3v) is 7.30. The zero-order chi connectivity index (χ0) is 23.3. The average Bonchev–Trinajstić information content (AvgIpc) is 2.73. The van der Waals surface area contributed by atoms with Crippen LogP contribution in [0.1, 0.15) is 56.9 Å². The molecule has 3 aliphatic heterocycles. The maximum atomic E-state index is 13.2. The Hall–Kier alpha value is -2.42. The molecular formula is C24H28F3N5O. The van der Waals surface area contributed by atoms with Crippen molar-refractivity contribution in [1.29, 1.82) is 0 Å². The van der Waals surface area contributed by atoms with Crippen molar-refractivity contribution in [2.45, 2.75) is 70.8 Å². The minimum absolute atomic E-state index is 0.0640. The number of halogens is 3. The molecule has 4 atom stereocenters. The van der Waals surface area contributed by atoms with Gasteiger partial charge >= 0.3 is 6.18 Å². The van der Waals surface area contributed by atoms with Crippen LogP contribution < -0.4 is 0 Å². The van der Waals surface area contributed by atoms with Crippen molar-refractivity contribution in [3.63, 3.8) is 0 Å². The molecular weight excluding hydrogens is 431 g/mol. The van der Waals surface area contributed by atoms with Crippen LogP contribution in [-0.2, 0) is 4.74 Å². The van der Waals surface area contributed by atoms with E-state index in [2.05, 4.69) is 9.98 Å². The fraction of sp³-hybridized carbons (Fsp3) is 0.625. The van der Waals surface area contributed by atoms with Gasteiger partial charge in [0, 0.05) is 24.4 Å². The van der Waals surface area contributed by atoms with Gasteiger partial charge in [-0.15, -0.1) is 0 Å². The lowest BCUT2D eigenvalue weighted by atomic mass is 9.68. The molecule has 0 aromatic carbocycles. The standard InChI is InChI=1S/C24H28F3N5O/c1-12-8-15(4-6-28-12)19-11-16(5-7-33-19)22-31-20(17-9-18(10-17)24(25,26)27)21-23(32-22)30-14(3)13(2)29-21/h4,6,8,16-21H,5,7,9-11H2,1-3H3/t16-,17-,18+,19+,20?,21?/m0/s1. The highest BCUT2D eigenvalue weighted by atomic mass is 19.4. The molecule has 0 spiro atoms. The summed E-state index contributed by atoms with van der Waals surface area (Å²) in [5, 5.41) is 0. The zero-order valence-electron chi connectivity index (χ0n) is 19.0. The fourth-order valence-corrected chi connectivity index (χ4v) is 5.17. The van der Waals surface area contributed by atoms with Crippen LogP contribution in [0.4, 0.5) is 13.2 Å². The van der Waals surface area contributed by atoms with E-state index in [0.29, 0.717) is 18.3 Å². The number of pyridine rings is 1. The van der Waals surface area contributed by atoms with Crippen LogP contribution in [0.5, 0.6) is 0 Å². The van der Waals surface area contributed by atoms with Gasteiger partial charge in [-0.1, -0.05) is 0 Å². The molecule has 2 unspecified atom stereocenters. The van der Waals surface area contributed by atoms with Gasteiger partial charge in [-0.25, -0.2) is 9.98 Å².